The number of likely N-dealkylation sites (tertiary alicyclic amines) is 1. The quantitative estimate of drug-likeness (QED) is 0.271. The number of aryl methyl sites for hydroxylation is 3. The van der Waals surface area contributed by atoms with Crippen LogP contribution >= 0.6 is 0 Å². The van der Waals surface area contributed by atoms with Crippen molar-refractivity contribution >= 4 is 17.7 Å². The second kappa shape index (κ2) is 13.3. The minimum atomic E-state index is -3.45. The number of nitrogens with one attached hydrogen (secondary N) is 2. The van der Waals surface area contributed by atoms with E-state index < -0.39 is 53.8 Å². The molecule has 45 heavy (non-hydrogen) atoms. The van der Waals surface area contributed by atoms with Gasteiger partial charge in [-0.1, -0.05) is 44.2 Å². The van der Waals surface area contributed by atoms with Crippen molar-refractivity contribution < 1.29 is 33.4 Å². The number of hydrogen-bond donors (Lipinski definition) is 4. The summed E-state index contributed by atoms with van der Waals surface area (Å²) in [5.74, 6) is -6.07. The molecule has 2 aromatic carbocycles. The number of phenolic OH excluding ortho intramolecular Hbond substituents is 1. The summed E-state index contributed by atoms with van der Waals surface area (Å²) in [6, 6.07) is 11.2. The summed E-state index contributed by atoms with van der Waals surface area (Å²) in [4.78, 5) is 45.5. The van der Waals surface area contributed by atoms with Gasteiger partial charge in [-0.05, 0) is 74.1 Å². The van der Waals surface area contributed by atoms with Gasteiger partial charge >= 0.3 is 0 Å². The zero-order valence-corrected chi connectivity index (χ0v) is 26.1. The second-order valence-corrected chi connectivity index (χ2v) is 12.3. The lowest BCUT2D eigenvalue weighted by Crippen LogP contribution is -2.57. The largest absolute Gasteiger partial charge is 0.508 e. The number of rotatable bonds is 10. The molecule has 1 aromatic heterocycles. The monoisotopic (exact) mass is 622 g/mol. The predicted molar refractivity (Wildman–Crippen MR) is 165 cm³/mol. The minimum Gasteiger partial charge on any atom is -0.508 e. The van der Waals surface area contributed by atoms with Gasteiger partial charge in [0.05, 0.1) is 18.0 Å². The first-order valence-electron chi connectivity index (χ1n) is 14.8. The van der Waals surface area contributed by atoms with E-state index in [1.165, 1.54) is 19.9 Å². The van der Waals surface area contributed by atoms with E-state index in [2.05, 4.69) is 15.6 Å². The van der Waals surface area contributed by atoms with Crippen LogP contribution in [0, 0.1) is 26.2 Å². The van der Waals surface area contributed by atoms with Gasteiger partial charge < -0.3 is 25.7 Å². The molecule has 0 saturated carbocycles. The van der Waals surface area contributed by atoms with Crippen LogP contribution in [0.2, 0.25) is 0 Å². The van der Waals surface area contributed by atoms with Crippen LogP contribution < -0.4 is 10.6 Å². The number of benzene rings is 2. The fraction of sp³-hybridized carbons (Fsp3) is 0.412. The number of carbonyl (C=O) groups excluding carboxylic acids is 3. The number of halogens is 2. The molecule has 1 fully saturated rings. The van der Waals surface area contributed by atoms with Gasteiger partial charge in [-0.25, -0.2) is 8.78 Å². The van der Waals surface area contributed by atoms with Gasteiger partial charge in [-0.15, -0.1) is 0 Å². The molecular formula is C34H40F2N4O5. The molecule has 9 nitrogen and oxygen atoms in total. The summed E-state index contributed by atoms with van der Waals surface area (Å²) >= 11 is 0. The van der Waals surface area contributed by atoms with Crippen molar-refractivity contribution in [2.75, 3.05) is 6.54 Å². The Hall–Kier alpha value is -4.38. The molecule has 240 valence electrons. The van der Waals surface area contributed by atoms with Gasteiger partial charge in [-0.3, -0.25) is 19.4 Å². The standard InChI is InChI=1S/C34H40F2N4O5/c1-20-15-25(22(3)27(41)16-20)30(43)39-26(12-11-23-9-7-6-8-10-23)28(42)32(45)40-19-34(35,36)33(4,5)29(40)31(44)38-18-24-13-14-37-17-21(24)2/h6-10,13-17,26,28-29,41-42H,11-12,18-19H2,1-5H3,(H,38,44)(H,39,43)/t26-,28-,29+/m0/s1. The third-order valence-electron chi connectivity index (χ3n) is 8.73. The van der Waals surface area contributed by atoms with Crippen LogP contribution in [-0.2, 0) is 22.6 Å². The fourth-order valence-corrected chi connectivity index (χ4v) is 5.69. The molecule has 3 atom stereocenters. The SMILES string of the molecule is Cc1cc(O)c(C)c(C(=O)N[C@@H](CCc2ccccc2)[C@H](O)C(=O)N2CC(F)(F)C(C)(C)[C@H]2C(=O)NCc2ccncc2C)c1. The Morgan fingerprint density at radius 2 is 1.78 bits per heavy atom. The molecule has 1 aliphatic rings. The number of phenols is 1. The Labute approximate surface area is 261 Å². The second-order valence-electron chi connectivity index (χ2n) is 12.3. The van der Waals surface area contributed by atoms with Crippen molar-refractivity contribution in [2.45, 2.75) is 78.1 Å². The highest BCUT2D eigenvalue weighted by atomic mass is 19.3. The number of carbonyl (C=O) groups is 3. The normalized spacial score (nSPS) is 18.2. The zero-order chi connectivity index (χ0) is 33.1. The van der Waals surface area contributed by atoms with E-state index in [1.807, 2.05) is 30.3 Å². The molecule has 0 bridgehead atoms. The Bertz CT molecular complexity index is 1560. The number of aromatic nitrogens is 1. The van der Waals surface area contributed by atoms with Crippen molar-refractivity contribution in [1.29, 1.82) is 0 Å². The summed E-state index contributed by atoms with van der Waals surface area (Å²) in [6.45, 7) is 6.47. The molecule has 0 spiro atoms. The highest BCUT2D eigenvalue weighted by Crippen LogP contribution is 2.48. The van der Waals surface area contributed by atoms with Crippen LogP contribution in [0.25, 0.3) is 0 Å². The lowest BCUT2D eigenvalue weighted by Gasteiger charge is -2.34. The van der Waals surface area contributed by atoms with E-state index in [-0.39, 0.29) is 24.3 Å². The molecule has 3 amide bonds. The van der Waals surface area contributed by atoms with Crippen LogP contribution in [-0.4, -0.2) is 68.5 Å². The zero-order valence-electron chi connectivity index (χ0n) is 26.1. The number of pyridine rings is 1. The van der Waals surface area contributed by atoms with Crippen molar-refractivity contribution in [3.05, 3.63) is 94.3 Å². The first kappa shape index (κ1) is 33.5. The molecule has 1 aliphatic heterocycles. The topological polar surface area (TPSA) is 132 Å². The van der Waals surface area contributed by atoms with Crippen LogP contribution in [0.1, 0.15) is 58.4 Å². The minimum absolute atomic E-state index is 0.0361. The van der Waals surface area contributed by atoms with Crippen molar-refractivity contribution in [1.82, 2.24) is 20.5 Å². The van der Waals surface area contributed by atoms with Gasteiger partial charge in [0, 0.05) is 30.1 Å². The molecule has 4 rings (SSSR count). The molecule has 0 radical (unpaired) electrons. The lowest BCUT2D eigenvalue weighted by atomic mass is 9.81. The number of aliphatic hydroxyl groups excluding tert-OH is 1. The Morgan fingerprint density at radius 3 is 2.44 bits per heavy atom. The van der Waals surface area contributed by atoms with Gasteiger partial charge in [0.25, 0.3) is 17.7 Å². The molecule has 4 N–H and O–H groups in total. The molecule has 2 heterocycles. The highest BCUT2D eigenvalue weighted by molar-refractivity contribution is 5.97. The molecule has 11 heteroatoms. The van der Waals surface area contributed by atoms with E-state index in [0.29, 0.717) is 17.5 Å². The Morgan fingerprint density at radius 1 is 1.09 bits per heavy atom. The fourth-order valence-electron chi connectivity index (χ4n) is 5.69. The lowest BCUT2D eigenvalue weighted by molar-refractivity contribution is -0.148. The smallest absolute Gasteiger partial charge is 0.272 e. The van der Waals surface area contributed by atoms with Crippen LogP contribution in [0.3, 0.4) is 0 Å². The summed E-state index contributed by atoms with van der Waals surface area (Å²) < 4.78 is 30.8. The number of amides is 3. The first-order valence-corrected chi connectivity index (χ1v) is 14.8. The van der Waals surface area contributed by atoms with Gasteiger partial charge in [0.2, 0.25) is 5.91 Å². The van der Waals surface area contributed by atoms with E-state index in [0.717, 1.165) is 21.6 Å². The predicted octanol–water partition coefficient (Wildman–Crippen LogP) is 3.99. The van der Waals surface area contributed by atoms with E-state index >= 15 is 8.78 Å². The van der Waals surface area contributed by atoms with Gasteiger partial charge in [-0.2, -0.15) is 0 Å². The first-order chi connectivity index (χ1) is 21.1. The number of alkyl halides is 2. The van der Waals surface area contributed by atoms with Crippen LogP contribution in [0.15, 0.2) is 60.9 Å². The summed E-state index contributed by atoms with van der Waals surface area (Å²) in [5, 5.41) is 27.1. The van der Waals surface area contributed by atoms with Crippen molar-refractivity contribution in [2.24, 2.45) is 5.41 Å². The summed E-state index contributed by atoms with van der Waals surface area (Å²) in [7, 11) is 0. The highest BCUT2D eigenvalue weighted by Gasteiger charge is 2.64. The maximum atomic E-state index is 15.4. The number of hydrogen-bond acceptors (Lipinski definition) is 6. The van der Waals surface area contributed by atoms with Crippen molar-refractivity contribution in [3.63, 3.8) is 0 Å². The maximum Gasteiger partial charge on any atom is 0.272 e. The summed E-state index contributed by atoms with van der Waals surface area (Å²) in [6.07, 6.45) is 1.66. The molecule has 0 unspecified atom stereocenters. The van der Waals surface area contributed by atoms with Gasteiger partial charge in [0.15, 0.2) is 6.10 Å². The Kier molecular flexibility index (Phi) is 9.92. The third kappa shape index (κ3) is 7.14. The van der Waals surface area contributed by atoms with Gasteiger partial charge in [0.1, 0.15) is 11.8 Å². The van der Waals surface area contributed by atoms with E-state index in [4.69, 9.17) is 0 Å². The number of aliphatic hydroxyl groups is 1. The maximum absolute atomic E-state index is 15.4. The molecular weight excluding hydrogens is 582 g/mol. The number of aromatic hydroxyl groups is 1. The Balaban J connectivity index is 1.61. The van der Waals surface area contributed by atoms with E-state index in [9.17, 15) is 24.6 Å². The van der Waals surface area contributed by atoms with Crippen LogP contribution in [0.4, 0.5) is 8.78 Å². The molecule has 0 aliphatic carbocycles. The molecule has 3 aromatic rings. The summed E-state index contributed by atoms with van der Waals surface area (Å²) in [5.41, 5.74) is 1.53. The number of nitrogens with zero attached hydrogens (tertiary/aromatic N) is 2. The average Bonchev–Trinajstić information content (AvgIpc) is 3.19. The molecule has 1 saturated heterocycles. The third-order valence-corrected chi connectivity index (χ3v) is 8.73. The van der Waals surface area contributed by atoms with Crippen LogP contribution in [0.5, 0.6) is 5.75 Å². The van der Waals surface area contributed by atoms with E-state index in [1.54, 1.807) is 45.3 Å². The van der Waals surface area contributed by atoms with Crippen molar-refractivity contribution in [3.8, 4) is 5.75 Å². The average molecular weight is 623 g/mol.